The van der Waals surface area contributed by atoms with E-state index in [-0.39, 0.29) is 29.8 Å². The normalized spacial score (nSPS) is 19.0. The summed E-state index contributed by atoms with van der Waals surface area (Å²) in [6.07, 6.45) is 3.06. The number of nitrogens with zero attached hydrogens (tertiary/aromatic N) is 1. The molecule has 1 amide bonds. The minimum Gasteiger partial charge on any atom is -0.302 e. The number of hydrogen-bond acceptors (Lipinski definition) is 5. The number of anilines is 1. The number of rotatable bonds is 5. The van der Waals surface area contributed by atoms with Gasteiger partial charge in [0.25, 0.3) is 0 Å². The van der Waals surface area contributed by atoms with Gasteiger partial charge in [0.05, 0.1) is 11.5 Å². The van der Waals surface area contributed by atoms with Gasteiger partial charge in [0.1, 0.15) is 0 Å². The van der Waals surface area contributed by atoms with Crippen LogP contribution >= 0.6 is 34.5 Å². The first kappa shape index (κ1) is 18.6. The van der Waals surface area contributed by atoms with Crippen molar-refractivity contribution in [3.05, 3.63) is 44.9 Å². The standard InChI is InChI=1S/C16H16Cl2N2O3S2/c17-12-2-1-11(14(18)7-12)6-13-8-19-16(24-13)20-15(21)5-10-3-4-25(22,23)9-10/h1-2,7-8,10H,3-6,9H2,(H,19,20,21). The van der Waals surface area contributed by atoms with Crippen LogP contribution in [0.4, 0.5) is 5.13 Å². The molecule has 0 saturated carbocycles. The maximum absolute atomic E-state index is 12.1. The third-order valence-electron chi connectivity index (χ3n) is 3.98. The molecule has 9 heteroatoms. The van der Waals surface area contributed by atoms with Gasteiger partial charge in [0.15, 0.2) is 15.0 Å². The predicted octanol–water partition coefficient (Wildman–Crippen LogP) is 3.80. The number of halogens is 2. The highest BCUT2D eigenvalue weighted by Crippen LogP contribution is 2.27. The molecule has 1 aliphatic heterocycles. The molecule has 1 fully saturated rings. The van der Waals surface area contributed by atoms with Crippen LogP contribution in [0.5, 0.6) is 0 Å². The van der Waals surface area contributed by atoms with Gasteiger partial charge in [-0.25, -0.2) is 13.4 Å². The number of aromatic nitrogens is 1. The van der Waals surface area contributed by atoms with Crippen LogP contribution in [-0.2, 0) is 21.1 Å². The zero-order valence-electron chi connectivity index (χ0n) is 13.2. The van der Waals surface area contributed by atoms with Gasteiger partial charge in [-0.2, -0.15) is 0 Å². The Labute approximate surface area is 160 Å². The second-order valence-corrected chi connectivity index (χ2v) is 10.3. The smallest absolute Gasteiger partial charge is 0.226 e. The summed E-state index contributed by atoms with van der Waals surface area (Å²) in [6.45, 7) is 0. The van der Waals surface area contributed by atoms with E-state index in [0.717, 1.165) is 10.4 Å². The topological polar surface area (TPSA) is 76.1 Å². The average Bonchev–Trinajstić information content (AvgIpc) is 3.08. The number of amides is 1. The second-order valence-electron chi connectivity index (χ2n) is 6.07. The molecule has 134 valence electrons. The molecule has 25 heavy (non-hydrogen) atoms. The Morgan fingerprint density at radius 2 is 2.16 bits per heavy atom. The van der Waals surface area contributed by atoms with Gasteiger partial charge in [-0.1, -0.05) is 29.3 Å². The summed E-state index contributed by atoms with van der Waals surface area (Å²) in [7, 11) is -2.97. The Bertz CT molecular complexity index is 897. The minimum atomic E-state index is -2.97. The lowest BCUT2D eigenvalue weighted by Gasteiger charge is -2.06. The van der Waals surface area contributed by atoms with Crippen LogP contribution in [-0.4, -0.2) is 30.8 Å². The molecule has 1 atom stereocenters. The number of carbonyl (C=O) groups is 1. The van der Waals surface area contributed by atoms with Crippen molar-refractivity contribution in [1.82, 2.24) is 4.98 Å². The van der Waals surface area contributed by atoms with Crippen molar-refractivity contribution in [2.24, 2.45) is 5.92 Å². The van der Waals surface area contributed by atoms with Crippen LogP contribution < -0.4 is 5.32 Å². The summed E-state index contributed by atoms with van der Waals surface area (Å²) in [5.41, 5.74) is 0.934. The van der Waals surface area contributed by atoms with Gasteiger partial charge in [0, 0.05) is 34.0 Å². The molecule has 0 spiro atoms. The Balaban J connectivity index is 1.57. The molecule has 0 aliphatic carbocycles. The number of hydrogen-bond donors (Lipinski definition) is 1. The van der Waals surface area contributed by atoms with E-state index in [9.17, 15) is 13.2 Å². The van der Waals surface area contributed by atoms with Crippen LogP contribution in [0.25, 0.3) is 0 Å². The molecular weight excluding hydrogens is 403 g/mol. The van der Waals surface area contributed by atoms with Crippen molar-refractivity contribution >= 4 is 55.4 Å². The number of nitrogens with one attached hydrogen (secondary N) is 1. The summed E-state index contributed by atoms with van der Waals surface area (Å²) in [4.78, 5) is 17.2. The zero-order chi connectivity index (χ0) is 18.0. The molecule has 0 radical (unpaired) electrons. The summed E-state index contributed by atoms with van der Waals surface area (Å²) >= 11 is 13.4. The summed E-state index contributed by atoms with van der Waals surface area (Å²) < 4.78 is 22.9. The Morgan fingerprint density at radius 3 is 2.84 bits per heavy atom. The van der Waals surface area contributed by atoms with E-state index in [0.29, 0.717) is 28.0 Å². The van der Waals surface area contributed by atoms with Crippen molar-refractivity contribution in [3.63, 3.8) is 0 Å². The van der Waals surface area contributed by atoms with Crippen LogP contribution in [0, 0.1) is 5.92 Å². The van der Waals surface area contributed by atoms with Gasteiger partial charge >= 0.3 is 0 Å². The molecular formula is C16H16Cl2N2O3S2. The maximum Gasteiger partial charge on any atom is 0.226 e. The number of thiazole rings is 1. The molecule has 1 aromatic carbocycles. The van der Waals surface area contributed by atoms with Gasteiger partial charge in [-0.15, -0.1) is 11.3 Å². The maximum atomic E-state index is 12.1. The summed E-state index contributed by atoms with van der Waals surface area (Å²) in [6, 6.07) is 5.34. The largest absolute Gasteiger partial charge is 0.302 e. The SMILES string of the molecule is O=C(CC1CCS(=O)(=O)C1)Nc1ncc(Cc2ccc(Cl)cc2Cl)s1. The van der Waals surface area contributed by atoms with Crippen LogP contribution in [0.15, 0.2) is 24.4 Å². The monoisotopic (exact) mass is 418 g/mol. The molecule has 0 bridgehead atoms. The Kier molecular flexibility index (Phi) is 5.68. The number of sulfone groups is 1. The van der Waals surface area contributed by atoms with Crippen molar-refractivity contribution in [3.8, 4) is 0 Å². The first-order valence-corrected chi connectivity index (χ1v) is 11.1. The lowest BCUT2D eigenvalue weighted by Crippen LogP contribution is -2.17. The van der Waals surface area contributed by atoms with Gasteiger partial charge in [0.2, 0.25) is 5.91 Å². The van der Waals surface area contributed by atoms with Crippen molar-refractivity contribution in [2.45, 2.75) is 19.3 Å². The van der Waals surface area contributed by atoms with Gasteiger partial charge in [-0.05, 0) is 30.0 Å². The highest BCUT2D eigenvalue weighted by Gasteiger charge is 2.29. The van der Waals surface area contributed by atoms with Gasteiger partial charge in [-0.3, -0.25) is 4.79 Å². The lowest BCUT2D eigenvalue weighted by molar-refractivity contribution is -0.116. The van der Waals surface area contributed by atoms with Crippen molar-refractivity contribution in [1.29, 1.82) is 0 Å². The predicted molar refractivity (Wildman–Crippen MR) is 101 cm³/mol. The third kappa shape index (κ3) is 5.17. The lowest BCUT2D eigenvalue weighted by atomic mass is 10.1. The highest BCUT2D eigenvalue weighted by atomic mass is 35.5. The van der Waals surface area contributed by atoms with Crippen molar-refractivity contribution in [2.75, 3.05) is 16.8 Å². The Morgan fingerprint density at radius 1 is 1.36 bits per heavy atom. The highest BCUT2D eigenvalue weighted by molar-refractivity contribution is 7.91. The summed E-state index contributed by atoms with van der Waals surface area (Å²) in [5, 5.41) is 4.43. The molecule has 5 nitrogen and oxygen atoms in total. The van der Waals surface area contributed by atoms with E-state index >= 15 is 0 Å². The molecule has 1 unspecified atom stereocenters. The molecule has 1 N–H and O–H groups in total. The van der Waals surface area contributed by atoms with E-state index < -0.39 is 9.84 Å². The first-order chi connectivity index (χ1) is 11.8. The zero-order valence-corrected chi connectivity index (χ0v) is 16.3. The average molecular weight is 419 g/mol. The fourth-order valence-corrected chi connectivity index (χ4v) is 5.95. The third-order valence-corrected chi connectivity index (χ3v) is 7.32. The molecule has 2 aromatic rings. The van der Waals surface area contributed by atoms with Crippen molar-refractivity contribution < 1.29 is 13.2 Å². The van der Waals surface area contributed by atoms with E-state index in [2.05, 4.69) is 10.3 Å². The van der Waals surface area contributed by atoms with Gasteiger partial charge < -0.3 is 5.32 Å². The fraction of sp³-hybridized carbons (Fsp3) is 0.375. The van der Waals surface area contributed by atoms with E-state index in [1.54, 1.807) is 18.3 Å². The van der Waals surface area contributed by atoms with E-state index in [1.165, 1.54) is 11.3 Å². The minimum absolute atomic E-state index is 0.0958. The van der Waals surface area contributed by atoms with E-state index in [1.807, 2.05) is 6.07 Å². The first-order valence-electron chi connectivity index (χ1n) is 7.69. The molecule has 2 heterocycles. The molecule has 1 aromatic heterocycles. The molecule has 1 saturated heterocycles. The van der Waals surface area contributed by atoms with Crippen LogP contribution in [0.3, 0.4) is 0 Å². The molecule has 3 rings (SSSR count). The molecule has 1 aliphatic rings. The Hall–Kier alpha value is -1.15. The summed E-state index contributed by atoms with van der Waals surface area (Å²) in [5.74, 6) is -0.0304. The quantitative estimate of drug-likeness (QED) is 0.800. The fourth-order valence-electron chi connectivity index (χ4n) is 2.77. The van der Waals surface area contributed by atoms with Crippen LogP contribution in [0.2, 0.25) is 10.0 Å². The van der Waals surface area contributed by atoms with E-state index in [4.69, 9.17) is 23.2 Å². The number of carbonyl (C=O) groups excluding carboxylic acids is 1. The van der Waals surface area contributed by atoms with Crippen LogP contribution in [0.1, 0.15) is 23.3 Å². The second kappa shape index (κ2) is 7.61. The number of benzene rings is 1.